The minimum Gasteiger partial charge on any atom is -0.365 e. The summed E-state index contributed by atoms with van der Waals surface area (Å²) < 4.78 is 13.2. The SMILES string of the molecule is CCCN1C(=O)N2C[C@@H](Cc3ccc(F)cc3)NC2=C2NC(C3CCC3)=NC21. The molecule has 7 heteroatoms. The summed E-state index contributed by atoms with van der Waals surface area (Å²) in [5.41, 5.74) is 2.07. The van der Waals surface area contributed by atoms with Gasteiger partial charge < -0.3 is 10.6 Å². The van der Waals surface area contributed by atoms with Crippen molar-refractivity contribution in [1.82, 2.24) is 20.4 Å². The van der Waals surface area contributed by atoms with Crippen molar-refractivity contribution in [2.75, 3.05) is 13.1 Å². The molecule has 2 atom stereocenters. The maximum atomic E-state index is 13.2. The molecule has 1 aromatic carbocycles. The standard InChI is InChI=1S/C21H26FN5O/c1-2-10-26-20-17(24-18(25-20)14-4-3-5-14)19-23-16(12-27(19)21(26)28)11-13-6-8-15(22)9-7-13/h6-9,14,16,20,23H,2-5,10-12H2,1H3,(H,24,25)/t16-,20?/m1/s1. The van der Waals surface area contributed by atoms with E-state index in [4.69, 9.17) is 4.99 Å². The first-order valence-corrected chi connectivity index (χ1v) is 10.3. The van der Waals surface area contributed by atoms with E-state index in [0.29, 0.717) is 19.0 Å². The molecule has 0 aromatic heterocycles. The number of nitrogens with one attached hydrogen (secondary N) is 2. The number of urea groups is 1. The molecule has 5 rings (SSSR count). The zero-order valence-electron chi connectivity index (χ0n) is 16.1. The van der Waals surface area contributed by atoms with Crippen molar-refractivity contribution in [3.05, 3.63) is 47.2 Å². The molecule has 1 aliphatic carbocycles. The van der Waals surface area contributed by atoms with Gasteiger partial charge in [0.1, 0.15) is 23.2 Å². The Morgan fingerprint density at radius 3 is 2.71 bits per heavy atom. The summed E-state index contributed by atoms with van der Waals surface area (Å²) in [5.74, 6) is 2.18. The third-order valence-corrected chi connectivity index (χ3v) is 6.17. The number of carbonyl (C=O) groups excluding carboxylic acids is 1. The zero-order valence-corrected chi connectivity index (χ0v) is 16.1. The van der Waals surface area contributed by atoms with Gasteiger partial charge in [0.15, 0.2) is 6.17 Å². The molecular formula is C21H26FN5O. The summed E-state index contributed by atoms with van der Waals surface area (Å²) in [6.07, 6.45) is 5.02. The number of carbonyl (C=O) groups is 1. The van der Waals surface area contributed by atoms with E-state index in [-0.39, 0.29) is 24.1 Å². The number of amides is 2. The largest absolute Gasteiger partial charge is 0.365 e. The Bertz CT molecular complexity index is 845. The van der Waals surface area contributed by atoms with Gasteiger partial charge in [-0.3, -0.25) is 9.80 Å². The summed E-state index contributed by atoms with van der Waals surface area (Å²) >= 11 is 0. The van der Waals surface area contributed by atoms with Gasteiger partial charge in [0.25, 0.3) is 0 Å². The van der Waals surface area contributed by atoms with Crippen LogP contribution in [0.25, 0.3) is 0 Å². The van der Waals surface area contributed by atoms with E-state index in [0.717, 1.165) is 35.8 Å². The zero-order chi connectivity index (χ0) is 19.3. The third-order valence-electron chi connectivity index (χ3n) is 6.17. The Kier molecular flexibility index (Phi) is 4.25. The van der Waals surface area contributed by atoms with Crippen LogP contribution in [0.2, 0.25) is 0 Å². The van der Waals surface area contributed by atoms with Crippen LogP contribution < -0.4 is 10.6 Å². The summed E-state index contributed by atoms with van der Waals surface area (Å²) in [6, 6.07) is 6.73. The number of halogens is 1. The monoisotopic (exact) mass is 383 g/mol. The normalized spacial score (nSPS) is 26.5. The van der Waals surface area contributed by atoms with Crippen molar-refractivity contribution in [3.8, 4) is 0 Å². The minimum atomic E-state index is -0.230. The molecule has 2 fully saturated rings. The predicted molar refractivity (Wildman–Crippen MR) is 105 cm³/mol. The Balaban J connectivity index is 1.41. The van der Waals surface area contributed by atoms with Gasteiger partial charge in [0, 0.05) is 25.0 Å². The molecule has 0 radical (unpaired) electrons. The highest BCUT2D eigenvalue weighted by molar-refractivity contribution is 5.91. The fraction of sp³-hybridized carbons (Fsp3) is 0.524. The lowest BCUT2D eigenvalue weighted by Crippen LogP contribution is -2.53. The molecule has 1 unspecified atom stereocenters. The maximum absolute atomic E-state index is 13.2. The Hall–Kier alpha value is -2.57. The molecule has 3 heterocycles. The molecule has 1 aromatic rings. The predicted octanol–water partition coefficient (Wildman–Crippen LogP) is 2.78. The van der Waals surface area contributed by atoms with Gasteiger partial charge in [-0.1, -0.05) is 25.5 Å². The molecule has 0 spiro atoms. The van der Waals surface area contributed by atoms with Gasteiger partial charge in [-0.05, 0) is 43.4 Å². The molecule has 1 saturated heterocycles. The number of aliphatic imine (C=N–C) groups is 1. The first-order chi connectivity index (χ1) is 13.6. The van der Waals surface area contributed by atoms with Crippen LogP contribution in [0.3, 0.4) is 0 Å². The fourth-order valence-corrected chi connectivity index (χ4v) is 4.49. The lowest BCUT2D eigenvalue weighted by molar-refractivity contribution is 0.146. The van der Waals surface area contributed by atoms with Crippen molar-refractivity contribution < 1.29 is 9.18 Å². The van der Waals surface area contributed by atoms with Crippen LogP contribution in [-0.2, 0) is 6.42 Å². The second-order valence-corrected chi connectivity index (χ2v) is 8.16. The number of amidine groups is 1. The minimum absolute atomic E-state index is 0.0279. The highest BCUT2D eigenvalue weighted by atomic mass is 19.1. The van der Waals surface area contributed by atoms with Crippen LogP contribution in [-0.4, -0.2) is 47.0 Å². The summed E-state index contributed by atoms with van der Waals surface area (Å²) in [7, 11) is 0. The van der Waals surface area contributed by atoms with Crippen LogP contribution in [0.4, 0.5) is 9.18 Å². The van der Waals surface area contributed by atoms with E-state index in [9.17, 15) is 9.18 Å². The highest BCUT2D eigenvalue weighted by Crippen LogP contribution is 2.35. The van der Waals surface area contributed by atoms with Gasteiger partial charge in [0.2, 0.25) is 0 Å². The van der Waals surface area contributed by atoms with Crippen LogP contribution in [0.1, 0.15) is 38.2 Å². The van der Waals surface area contributed by atoms with E-state index < -0.39 is 0 Å². The number of rotatable bonds is 5. The molecular weight excluding hydrogens is 357 g/mol. The molecule has 6 nitrogen and oxygen atoms in total. The lowest BCUT2D eigenvalue weighted by atomic mass is 9.84. The quantitative estimate of drug-likeness (QED) is 0.822. The van der Waals surface area contributed by atoms with E-state index >= 15 is 0 Å². The second kappa shape index (κ2) is 6.79. The van der Waals surface area contributed by atoms with Crippen LogP contribution >= 0.6 is 0 Å². The number of fused-ring (bicyclic) bond motifs is 2. The van der Waals surface area contributed by atoms with Crippen molar-refractivity contribution >= 4 is 11.9 Å². The number of nitrogens with zero attached hydrogens (tertiary/aromatic N) is 3. The van der Waals surface area contributed by atoms with Crippen molar-refractivity contribution in [2.24, 2.45) is 10.9 Å². The number of hydrogen-bond donors (Lipinski definition) is 2. The Morgan fingerprint density at radius 2 is 2.04 bits per heavy atom. The van der Waals surface area contributed by atoms with E-state index in [1.807, 2.05) is 21.9 Å². The van der Waals surface area contributed by atoms with Gasteiger partial charge >= 0.3 is 6.03 Å². The summed E-state index contributed by atoms with van der Waals surface area (Å²) in [4.78, 5) is 21.8. The smallest absolute Gasteiger partial charge is 0.327 e. The van der Waals surface area contributed by atoms with Crippen molar-refractivity contribution in [1.29, 1.82) is 0 Å². The molecule has 0 bridgehead atoms. The lowest BCUT2D eigenvalue weighted by Gasteiger charge is -2.36. The summed E-state index contributed by atoms with van der Waals surface area (Å²) in [6.45, 7) is 3.40. The molecule has 1 saturated carbocycles. The highest BCUT2D eigenvalue weighted by Gasteiger charge is 2.47. The maximum Gasteiger partial charge on any atom is 0.327 e. The van der Waals surface area contributed by atoms with E-state index in [2.05, 4.69) is 17.6 Å². The van der Waals surface area contributed by atoms with Gasteiger partial charge in [-0.25, -0.2) is 14.2 Å². The molecule has 4 aliphatic rings. The number of hydrogen-bond acceptors (Lipinski definition) is 4. The number of benzene rings is 1. The topological polar surface area (TPSA) is 60.0 Å². The average Bonchev–Trinajstić information content (AvgIpc) is 3.24. The second-order valence-electron chi connectivity index (χ2n) is 8.16. The molecule has 3 aliphatic heterocycles. The van der Waals surface area contributed by atoms with Gasteiger partial charge in [-0.2, -0.15) is 0 Å². The van der Waals surface area contributed by atoms with Crippen molar-refractivity contribution in [2.45, 2.75) is 51.2 Å². The summed E-state index contributed by atoms with van der Waals surface area (Å²) in [5, 5.41) is 7.09. The average molecular weight is 383 g/mol. The van der Waals surface area contributed by atoms with Crippen LogP contribution in [0, 0.1) is 11.7 Å². The molecule has 148 valence electrons. The van der Waals surface area contributed by atoms with Crippen molar-refractivity contribution in [3.63, 3.8) is 0 Å². The Labute approximate surface area is 164 Å². The van der Waals surface area contributed by atoms with Gasteiger partial charge in [-0.15, -0.1) is 0 Å². The van der Waals surface area contributed by atoms with E-state index in [1.165, 1.54) is 31.4 Å². The van der Waals surface area contributed by atoms with Crippen LogP contribution in [0.15, 0.2) is 40.8 Å². The first-order valence-electron chi connectivity index (χ1n) is 10.3. The van der Waals surface area contributed by atoms with Gasteiger partial charge in [0.05, 0.1) is 0 Å². The first kappa shape index (κ1) is 17.5. The third kappa shape index (κ3) is 2.84. The van der Waals surface area contributed by atoms with E-state index in [1.54, 1.807) is 0 Å². The molecule has 2 N–H and O–H groups in total. The molecule has 2 amide bonds. The fourth-order valence-electron chi connectivity index (χ4n) is 4.49. The Morgan fingerprint density at radius 1 is 1.25 bits per heavy atom. The molecule has 28 heavy (non-hydrogen) atoms. The van der Waals surface area contributed by atoms with Crippen LogP contribution in [0.5, 0.6) is 0 Å².